The summed E-state index contributed by atoms with van der Waals surface area (Å²) in [6.07, 6.45) is 2.99. The maximum atomic E-state index is 14.5. The van der Waals surface area contributed by atoms with Gasteiger partial charge in [0.15, 0.2) is 0 Å². The van der Waals surface area contributed by atoms with Crippen molar-refractivity contribution in [1.29, 1.82) is 0 Å². The molecule has 2 aliphatic rings. The number of halogens is 3. The minimum absolute atomic E-state index is 0.0490. The van der Waals surface area contributed by atoms with Gasteiger partial charge in [-0.3, -0.25) is 4.79 Å². The Balaban J connectivity index is 1.36. The van der Waals surface area contributed by atoms with E-state index in [1.165, 1.54) is 18.2 Å². The van der Waals surface area contributed by atoms with Crippen LogP contribution in [0.1, 0.15) is 37.2 Å². The molecule has 4 nitrogen and oxygen atoms in total. The first-order chi connectivity index (χ1) is 15.4. The van der Waals surface area contributed by atoms with E-state index in [0.29, 0.717) is 36.3 Å². The fourth-order valence-electron chi connectivity index (χ4n) is 5.22. The summed E-state index contributed by atoms with van der Waals surface area (Å²) < 4.78 is 42.0. The third-order valence-corrected chi connectivity index (χ3v) is 6.87. The summed E-state index contributed by atoms with van der Waals surface area (Å²) in [6.45, 7) is 1.98. The van der Waals surface area contributed by atoms with Gasteiger partial charge in [0, 0.05) is 30.5 Å². The molecule has 32 heavy (non-hydrogen) atoms. The van der Waals surface area contributed by atoms with Crippen molar-refractivity contribution in [3.8, 4) is 11.3 Å². The third-order valence-electron chi connectivity index (χ3n) is 6.87. The Morgan fingerprint density at radius 1 is 1.12 bits per heavy atom. The van der Waals surface area contributed by atoms with Gasteiger partial charge in [0.05, 0.1) is 11.2 Å². The van der Waals surface area contributed by atoms with Crippen molar-refractivity contribution in [2.24, 2.45) is 5.92 Å². The van der Waals surface area contributed by atoms with Gasteiger partial charge in [0.2, 0.25) is 5.91 Å². The lowest BCUT2D eigenvalue weighted by Crippen LogP contribution is -2.44. The highest BCUT2D eigenvalue weighted by molar-refractivity contribution is 5.92. The van der Waals surface area contributed by atoms with Crippen molar-refractivity contribution in [3.63, 3.8) is 0 Å². The minimum Gasteiger partial charge on any atom is -0.353 e. The highest BCUT2D eigenvalue weighted by Crippen LogP contribution is 2.45. The molecule has 1 amide bonds. The van der Waals surface area contributed by atoms with Gasteiger partial charge in [-0.2, -0.15) is 0 Å². The summed E-state index contributed by atoms with van der Waals surface area (Å²) in [5.74, 6) is -1.12. The SMILES string of the molecule is CN1CCC(CC(=O)N[C@H]2C[C@@H](c3c(-c4ccc(F)cc4)[nH]c4c(F)cc(F)cc43)C2)C1. The predicted octanol–water partition coefficient (Wildman–Crippen LogP) is 4.96. The average molecular weight is 441 g/mol. The maximum Gasteiger partial charge on any atom is 0.220 e. The van der Waals surface area contributed by atoms with E-state index < -0.39 is 11.6 Å². The Labute approximate surface area is 184 Å². The second-order valence-electron chi connectivity index (χ2n) is 9.28. The number of likely N-dealkylation sites (tertiary alicyclic amines) is 1. The molecule has 1 aliphatic heterocycles. The molecule has 1 atom stereocenters. The van der Waals surface area contributed by atoms with Crippen LogP contribution in [0.25, 0.3) is 22.2 Å². The molecule has 1 saturated heterocycles. The van der Waals surface area contributed by atoms with Crippen LogP contribution in [0.5, 0.6) is 0 Å². The molecule has 0 radical (unpaired) electrons. The van der Waals surface area contributed by atoms with Gasteiger partial charge in [-0.25, -0.2) is 13.2 Å². The zero-order valence-corrected chi connectivity index (χ0v) is 17.9. The monoisotopic (exact) mass is 441 g/mol. The lowest BCUT2D eigenvalue weighted by atomic mass is 9.74. The summed E-state index contributed by atoms with van der Waals surface area (Å²) in [5.41, 5.74) is 2.47. The fraction of sp³-hybridized carbons (Fsp3) is 0.400. The summed E-state index contributed by atoms with van der Waals surface area (Å²) >= 11 is 0. The molecule has 3 aromatic rings. The van der Waals surface area contributed by atoms with E-state index >= 15 is 0 Å². The smallest absolute Gasteiger partial charge is 0.220 e. The number of carbonyl (C=O) groups is 1. The number of aromatic amines is 1. The molecule has 7 heteroatoms. The molecular formula is C25H26F3N3O. The number of aromatic nitrogens is 1. The Morgan fingerprint density at radius 3 is 2.56 bits per heavy atom. The quantitative estimate of drug-likeness (QED) is 0.588. The van der Waals surface area contributed by atoms with E-state index in [9.17, 15) is 18.0 Å². The van der Waals surface area contributed by atoms with Gasteiger partial charge in [0.1, 0.15) is 17.5 Å². The van der Waals surface area contributed by atoms with Crippen molar-refractivity contribution >= 4 is 16.8 Å². The number of benzene rings is 2. The van der Waals surface area contributed by atoms with Crippen LogP contribution in [0.3, 0.4) is 0 Å². The summed E-state index contributed by atoms with van der Waals surface area (Å²) in [7, 11) is 2.07. The Hall–Kier alpha value is -2.80. The minimum atomic E-state index is -0.652. The number of nitrogens with zero attached hydrogens (tertiary/aromatic N) is 1. The molecule has 0 spiro atoms. The van der Waals surface area contributed by atoms with Crippen LogP contribution in [0.4, 0.5) is 13.2 Å². The molecular weight excluding hydrogens is 415 g/mol. The number of H-pyrrole nitrogens is 1. The van der Waals surface area contributed by atoms with E-state index in [0.717, 1.165) is 36.7 Å². The van der Waals surface area contributed by atoms with Crippen molar-refractivity contribution in [1.82, 2.24) is 15.2 Å². The van der Waals surface area contributed by atoms with Gasteiger partial charge in [-0.15, -0.1) is 0 Å². The van der Waals surface area contributed by atoms with Gasteiger partial charge in [0.25, 0.3) is 0 Å². The largest absolute Gasteiger partial charge is 0.353 e. The molecule has 1 saturated carbocycles. The second-order valence-corrected chi connectivity index (χ2v) is 9.28. The maximum absolute atomic E-state index is 14.5. The highest BCUT2D eigenvalue weighted by atomic mass is 19.1. The number of amides is 1. The van der Waals surface area contributed by atoms with E-state index in [2.05, 4.69) is 22.2 Å². The highest BCUT2D eigenvalue weighted by Gasteiger charge is 2.36. The molecule has 168 valence electrons. The van der Waals surface area contributed by atoms with Crippen LogP contribution < -0.4 is 5.32 Å². The molecule has 1 aliphatic carbocycles. The number of hydrogen-bond donors (Lipinski definition) is 2. The molecule has 2 fully saturated rings. The van der Waals surface area contributed by atoms with E-state index in [4.69, 9.17) is 0 Å². The number of nitrogens with one attached hydrogen (secondary N) is 2. The van der Waals surface area contributed by atoms with Crippen LogP contribution in [0, 0.1) is 23.4 Å². The van der Waals surface area contributed by atoms with Crippen LogP contribution in [-0.4, -0.2) is 42.0 Å². The first-order valence-corrected chi connectivity index (χ1v) is 11.1. The van der Waals surface area contributed by atoms with Crippen molar-refractivity contribution < 1.29 is 18.0 Å². The summed E-state index contributed by atoms with van der Waals surface area (Å²) in [4.78, 5) is 17.8. The molecule has 1 unspecified atom stereocenters. The van der Waals surface area contributed by atoms with Crippen LogP contribution in [0.2, 0.25) is 0 Å². The van der Waals surface area contributed by atoms with Gasteiger partial charge in [-0.05, 0) is 86.1 Å². The topological polar surface area (TPSA) is 48.1 Å². The van der Waals surface area contributed by atoms with Gasteiger partial charge >= 0.3 is 0 Å². The molecule has 2 aromatic carbocycles. The lowest BCUT2D eigenvalue weighted by Gasteiger charge is -2.36. The fourth-order valence-corrected chi connectivity index (χ4v) is 5.22. The molecule has 1 aromatic heterocycles. The summed E-state index contributed by atoms with van der Waals surface area (Å²) in [6, 6.07) is 8.23. The Kier molecular flexibility index (Phi) is 5.45. The number of fused-ring (bicyclic) bond motifs is 1. The zero-order chi connectivity index (χ0) is 22.4. The normalized spacial score (nSPS) is 23.4. The van der Waals surface area contributed by atoms with E-state index in [-0.39, 0.29) is 29.2 Å². The molecule has 2 N–H and O–H groups in total. The Morgan fingerprint density at radius 2 is 1.88 bits per heavy atom. The average Bonchev–Trinajstić information content (AvgIpc) is 3.28. The van der Waals surface area contributed by atoms with Crippen molar-refractivity contribution in [2.75, 3.05) is 20.1 Å². The first kappa shape index (κ1) is 21.1. The van der Waals surface area contributed by atoms with E-state index in [1.807, 2.05) is 0 Å². The second kappa shape index (κ2) is 8.28. The zero-order valence-electron chi connectivity index (χ0n) is 17.9. The standard InChI is InChI=1S/C25H26F3N3O/c1-31-7-6-14(13-31)8-22(32)29-19-9-16(10-19)23-20-11-18(27)12-21(28)25(20)30-24(23)15-2-4-17(26)5-3-15/h2-5,11-12,14,16,19,30H,6-10,13H2,1H3,(H,29,32)/t14?,16-,19+. The van der Waals surface area contributed by atoms with Crippen LogP contribution in [0.15, 0.2) is 36.4 Å². The molecule has 2 heterocycles. The van der Waals surface area contributed by atoms with Crippen molar-refractivity contribution in [2.45, 2.75) is 37.6 Å². The lowest BCUT2D eigenvalue weighted by molar-refractivity contribution is -0.123. The number of rotatable bonds is 5. The predicted molar refractivity (Wildman–Crippen MR) is 118 cm³/mol. The van der Waals surface area contributed by atoms with Gasteiger partial charge < -0.3 is 15.2 Å². The number of hydrogen-bond acceptors (Lipinski definition) is 2. The Bertz CT molecular complexity index is 1150. The van der Waals surface area contributed by atoms with E-state index in [1.54, 1.807) is 12.1 Å². The first-order valence-electron chi connectivity index (χ1n) is 11.1. The van der Waals surface area contributed by atoms with Crippen LogP contribution >= 0.6 is 0 Å². The summed E-state index contributed by atoms with van der Waals surface area (Å²) in [5, 5.41) is 3.63. The van der Waals surface area contributed by atoms with Crippen molar-refractivity contribution in [3.05, 3.63) is 59.4 Å². The third kappa shape index (κ3) is 4.01. The number of carbonyl (C=O) groups excluding carboxylic acids is 1. The molecule has 0 bridgehead atoms. The van der Waals surface area contributed by atoms with Gasteiger partial charge in [-0.1, -0.05) is 0 Å². The molecule has 5 rings (SSSR count). The van der Waals surface area contributed by atoms with Crippen LogP contribution in [-0.2, 0) is 4.79 Å².